The van der Waals surface area contributed by atoms with Gasteiger partial charge < -0.3 is 20.0 Å². The van der Waals surface area contributed by atoms with E-state index in [1.807, 2.05) is 33.8 Å². The van der Waals surface area contributed by atoms with Crippen LogP contribution >= 0.6 is 0 Å². The Bertz CT molecular complexity index is 891. The zero-order chi connectivity index (χ0) is 27.0. The summed E-state index contributed by atoms with van der Waals surface area (Å²) in [7, 11) is 1.75. The average molecular weight is 503 g/mol. The first kappa shape index (κ1) is 29.6. The van der Waals surface area contributed by atoms with Gasteiger partial charge in [-0.25, -0.2) is 0 Å². The van der Waals surface area contributed by atoms with Crippen LogP contribution in [0, 0.1) is 11.8 Å². The summed E-state index contributed by atoms with van der Waals surface area (Å²) in [6.07, 6.45) is 6.32. The first-order valence-corrected chi connectivity index (χ1v) is 13.3. The summed E-state index contributed by atoms with van der Waals surface area (Å²) in [5.41, 5.74) is 0.528. The molecule has 8 heteroatoms. The fourth-order valence-corrected chi connectivity index (χ4v) is 4.79. The number of carbonyl (C=O) groups excluding carboxylic acids is 3. The van der Waals surface area contributed by atoms with E-state index in [2.05, 4.69) is 29.4 Å². The van der Waals surface area contributed by atoms with Gasteiger partial charge >= 0.3 is 0 Å². The van der Waals surface area contributed by atoms with Crippen LogP contribution in [0.25, 0.3) is 0 Å². The molecule has 202 valence electrons. The van der Waals surface area contributed by atoms with Crippen molar-refractivity contribution in [1.29, 1.82) is 0 Å². The number of rotatable bonds is 11. The van der Waals surface area contributed by atoms with E-state index in [1.165, 1.54) is 0 Å². The molecule has 1 saturated heterocycles. The number of hydrogen-bond acceptors (Lipinski definition) is 5. The van der Waals surface area contributed by atoms with Gasteiger partial charge in [0.2, 0.25) is 17.7 Å². The van der Waals surface area contributed by atoms with Crippen molar-refractivity contribution >= 4 is 17.7 Å². The Balaban J connectivity index is 2.13. The number of furan rings is 1. The van der Waals surface area contributed by atoms with E-state index in [9.17, 15) is 14.4 Å². The molecule has 8 nitrogen and oxygen atoms in total. The van der Waals surface area contributed by atoms with Crippen LogP contribution in [-0.2, 0) is 20.9 Å². The highest BCUT2D eigenvalue weighted by Crippen LogP contribution is 2.21. The highest BCUT2D eigenvalue weighted by Gasteiger charge is 2.36. The predicted molar refractivity (Wildman–Crippen MR) is 142 cm³/mol. The van der Waals surface area contributed by atoms with Crippen LogP contribution in [0.1, 0.15) is 73.5 Å². The molecule has 2 heterocycles. The largest absolute Gasteiger partial charge is 0.467 e. The van der Waals surface area contributed by atoms with Gasteiger partial charge in [0, 0.05) is 18.7 Å². The quantitative estimate of drug-likeness (QED) is 0.450. The number of hydrogen-bond donors (Lipinski definition) is 2. The molecule has 0 spiro atoms. The molecule has 1 unspecified atom stereocenters. The van der Waals surface area contributed by atoms with Crippen LogP contribution in [0.2, 0.25) is 0 Å². The van der Waals surface area contributed by atoms with Crippen LogP contribution in [0.3, 0.4) is 0 Å². The van der Waals surface area contributed by atoms with Gasteiger partial charge in [0.1, 0.15) is 11.8 Å². The maximum Gasteiger partial charge on any atom is 0.247 e. The molecule has 1 aliphatic rings. The number of carbonyl (C=O) groups is 3. The molecule has 0 aromatic carbocycles. The Hall–Kier alpha value is -2.61. The summed E-state index contributed by atoms with van der Waals surface area (Å²) in [4.78, 5) is 43.5. The van der Waals surface area contributed by atoms with Gasteiger partial charge in [-0.1, -0.05) is 40.2 Å². The van der Waals surface area contributed by atoms with Crippen molar-refractivity contribution in [1.82, 2.24) is 20.4 Å². The highest BCUT2D eigenvalue weighted by molar-refractivity contribution is 5.93. The molecule has 3 amide bonds. The molecule has 1 aromatic heterocycles. The van der Waals surface area contributed by atoms with Gasteiger partial charge in [0.15, 0.2) is 0 Å². The first-order chi connectivity index (χ1) is 16.9. The lowest BCUT2D eigenvalue weighted by molar-refractivity contribution is -0.140. The second-order valence-corrected chi connectivity index (χ2v) is 10.9. The molecular formula is C28H46N4O4. The van der Waals surface area contributed by atoms with Crippen LogP contribution in [-0.4, -0.2) is 65.3 Å². The summed E-state index contributed by atoms with van der Waals surface area (Å²) in [5.74, 6) is 0.239. The Kier molecular flexibility index (Phi) is 11.2. The fraction of sp³-hybridized carbons (Fsp3) is 0.679. The number of likely N-dealkylation sites (N-methyl/N-ethyl adjacent to an activating group) is 1. The third kappa shape index (κ3) is 7.95. The smallest absolute Gasteiger partial charge is 0.247 e. The second-order valence-electron chi connectivity index (χ2n) is 10.9. The van der Waals surface area contributed by atoms with Crippen LogP contribution < -0.4 is 10.6 Å². The summed E-state index contributed by atoms with van der Waals surface area (Å²) < 4.78 is 5.27. The summed E-state index contributed by atoms with van der Waals surface area (Å²) >= 11 is 0. The third-order valence-electron chi connectivity index (χ3n) is 7.00. The number of likely N-dealkylation sites (tertiary alicyclic amines) is 1. The van der Waals surface area contributed by atoms with E-state index in [0.717, 1.165) is 25.8 Å². The zero-order valence-electron chi connectivity index (χ0n) is 23.3. The van der Waals surface area contributed by atoms with Gasteiger partial charge in [-0.2, -0.15) is 0 Å². The van der Waals surface area contributed by atoms with E-state index < -0.39 is 6.04 Å². The normalized spacial score (nSPS) is 18.9. The van der Waals surface area contributed by atoms with Gasteiger partial charge in [-0.05, 0) is 64.1 Å². The minimum Gasteiger partial charge on any atom is -0.467 e. The van der Waals surface area contributed by atoms with Crippen LogP contribution in [0.5, 0.6) is 0 Å². The minimum absolute atomic E-state index is 0.0741. The van der Waals surface area contributed by atoms with E-state index in [4.69, 9.17) is 4.42 Å². The third-order valence-corrected chi connectivity index (χ3v) is 7.00. The zero-order valence-corrected chi connectivity index (χ0v) is 23.3. The van der Waals surface area contributed by atoms with Crippen molar-refractivity contribution < 1.29 is 18.8 Å². The van der Waals surface area contributed by atoms with Crippen molar-refractivity contribution in [2.75, 3.05) is 13.6 Å². The van der Waals surface area contributed by atoms with Crippen LogP contribution in [0.4, 0.5) is 0 Å². The lowest BCUT2D eigenvalue weighted by atomic mass is 9.95. The Morgan fingerprint density at radius 2 is 1.83 bits per heavy atom. The molecule has 0 radical (unpaired) electrons. The lowest BCUT2D eigenvalue weighted by Crippen LogP contribution is -2.58. The first-order valence-electron chi connectivity index (χ1n) is 13.3. The number of nitrogens with zero attached hydrogens (tertiary/aromatic N) is 2. The maximum atomic E-state index is 13.7. The molecule has 0 bridgehead atoms. The average Bonchev–Trinajstić information content (AvgIpc) is 3.36. The van der Waals surface area contributed by atoms with E-state index in [-0.39, 0.29) is 47.7 Å². The minimum atomic E-state index is -0.638. The molecule has 1 aromatic rings. The monoisotopic (exact) mass is 502 g/mol. The van der Waals surface area contributed by atoms with Gasteiger partial charge in [-0.3, -0.25) is 19.3 Å². The number of piperidine rings is 1. The molecule has 0 saturated carbocycles. The molecule has 2 N–H and O–H groups in total. The van der Waals surface area contributed by atoms with E-state index in [1.54, 1.807) is 37.3 Å². The molecular weight excluding hydrogens is 456 g/mol. The second kappa shape index (κ2) is 13.6. The highest BCUT2D eigenvalue weighted by atomic mass is 16.3. The van der Waals surface area contributed by atoms with Crippen molar-refractivity contribution in [2.45, 2.75) is 98.4 Å². The Labute approximate surface area is 216 Å². The van der Waals surface area contributed by atoms with Crippen molar-refractivity contribution in [3.63, 3.8) is 0 Å². The van der Waals surface area contributed by atoms with E-state index >= 15 is 0 Å². The van der Waals surface area contributed by atoms with E-state index in [0.29, 0.717) is 17.9 Å². The van der Waals surface area contributed by atoms with Crippen molar-refractivity contribution in [3.8, 4) is 0 Å². The molecule has 3 atom stereocenters. The predicted octanol–water partition coefficient (Wildman–Crippen LogP) is 3.73. The number of amides is 3. The van der Waals surface area contributed by atoms with Gasteiger partial charge in [0.25, 0.3) is 0 Å². The standard InChI is InChI=1S/C28H46N4O4/c1-18(2)24(16-21(7)26(33)29-17-22-12-11-15-36-22)31(8)28(35)25(19(3)4)30-27(34)23-13-9-10-14-32(23)20(5)6/h11-12,15-16,18-20,23-25H,9-10,13-14,17H2,1-8H3,(H,29,33)(H,30,34)/t23?,24-,25+/m1/s1. The molecule has 1 aliphatic heterocycles. The maximum absolute atomic E-state index is 13.7. The molecule has 36 heavy (non-hydrogen) atoms. The van der Waals surface area contributed by atoms with Gasteiger partial charge in [0.05, 0.1) is 24.9 Å². The molecule has 2 rings (SSSR count). The summed E-state index contributed by atoms with van der Waals surface area (Å²) in [6.45, 7) is 15.1. The lowest BCUT2D eigenvalue weighted by Gasteiger charge is -2.39. The van der Waals surface area contributed by atoms with Gasteiger partial charge in [-0.15, -0.1) is 0 Å². The fourth-order valence-electron chi connectivity index (χ4n) is 4.79. The summed E-state index contributed by atoms with van der Waals surface area (Å²) in [5, 5.41) is 5.92. The Morgan fingerprint density at radius 1 is 1.14 bits per heavy atom. The Morgan fingerprint density at radius 3 is 2.39 bits per heavy atom. The van der Waals surface area contributed by atoms with Crippen molar-refractivity contribution in [3.05, 3.63) is 35.8 Å². The molecule has 1 fully saturated rings. The van der Waals surface area contributed by atoms with Crippen LogP contribution in [0.15, 0.2) is 34.5 Å². The summed E-state index contributed by atoms with van der Waals surface area (Å²) in [6, 6.07) is 2.70. The topological polar surface area (TPSA) is 94.9 Å². The van der Waals surface area contributed by atoms with Crippen molar-refractivity contribution in [2.24, 2.45) is 11.8 Å². The SMILES string of the molecule is CC(=C[C@H](C(C)C)N(C)C(=O)[C@@H](NC(=O)C1CCCCN1C(C)C)C(C)C)C(=O)NCc1ccco1. The number of nitrogens with one attached hydrogen (secondary N) is 2. The molecule has 0 aliphatic carbocycles.